The van der Waals surface area contributed by atoms with Crippen molar-refractivity contribution in [3.8, 4) is 5.75 Å². The second kappa shape index (κ2) is 7.68. The second-order valence-corrected chi connectivity index (χ2v) is 4.14. The SMILES string of the molecule is COCC(CCN)NC(=O)Cc1cccc(O)c1. The number of nitrogens with one attached hydrogen (secondary N) is 1. The molecule has 1 atom stereocenters. The summed E-state index contributed by atoms with van der Waals surface area (Å²) in [6.45, 7) is 0.948. The molecule has 5 nitrogen and oxygen atoms in total. The Hall–Kier alpha value is -1.59. The van der Waals surface area contributed by atoms with Crippen molar-refractivity contribution in [1.82, 2.24) is 5.32 Å². The van der Waals surface area contributed by atoms with Crippen molar-refractivity contribution in [2.45, 2.75) is 18.9 Å². The van der Waals surface area contributed by atoms with Crippen LogP contribution >= 0.6 is 0 Å². The monoisotopic (exact) mass is 252 g/mol. The lowest BCUT2D eigenvalue weighted by Gasteiger charge is -2.17. The van der Waals surface area contributed by atoms with Crippen molar-refractivity contribution in [2.75, 3.05) is 20.3 Å². The number of carbonyl (C=O) groups is 1. The maximum absolute atomic E-state index is 11.8. The molecule has 100 valence electrons. The van der Waals surface area contributed by atoms with Gasteiger partial charge in [0.05, 0.1) is 19.1 Å². The average molecular weight is 252 g/mol. The minimum Gasteiger partial charge on any atom is -0.508 e. The average Bonchev–Trinajstić information content (AvgIpc) is 2.29. The van der Waals surface area contributed by atoms with Crippen LogP contribution in [-0.2, 0) is 16.0 Å². The number of carbonyl (C=O) groups excluding carboxylic acids is 1. The van der Waals surface area contributed by atoms with E-state index in [1.165, 1.54) is 0 Å². The van der Waals surface area contributed by atoms with Crippen LogP contribution in [0.15, 0.2) is 24.3 Å². The third-order valence-electron chi connectivity index (χ3n) is 2.52. The number of rotatable bonds is 7. The minimum atomic E-state index is -0.101. The molecule has 0 aliphatic carbocycles. The number of nitrogens with two attached hydrogens (primary N) is 1. The summed E-state index contributed by atoms with van der Waals surface area (Å²) in [5.74, 6) is 0.0619. The third-order valence-corrected chi connectivity index (χ3v) is 2.52. The van der Waals surface area contributed by atoms with E-state index in [2.05, 4.69) is 5.32 Å². The van der Waals surface area contributed by atoms with Crippen molar-refractivity contribution >= 4 is 5.91 Å². The van der Waals surface area contributed by atoms with Gasteiger partial charge in [0.2, 0.25) is 5.91 Å². The normalized spacial score (nSPS) is 12.1. The quantitative estimate of drug-likeness (QED) is 0.656. The topological polar surface area (TPSA) is 84.6 Å². The summed E-state index contributed by atoms with van der Waals surface area (Å²) in [5.41, 5.74) is 6.24. The highest BCUT2D eigenvalue weighted by molar-refractivity contribution is 5.79. The van der Waals surface area contributed by atoms with E-state index in [-0.39, 0.29) is 24.1 Å². The molecule has 0 bridgehead atoms. The summed E-state index contributed by atoms with van der Waals surface area (Å²) in [6.07, 6.45) is 0.915. The first-order chi connectivity index (χ1) is 8.65. The molecule has 0 aliphatic heterocycles. The lowest BCUT2D eigenvalue weighted by Crippen LogP contribution is -2.40. The molecule has 0 saturated heterocycles. The molecule has 0 aliphatic rings. The van der Waals surface area contributed by atoms with Crippen LogP contribution in [0.3, 0.4) is 0 Å². The maximum atomic E-state index is 11.8. The molecule has 18 heavy (non-hydrogen) atoms. The van der Waals surface area contributed by atoms with Crippen LogP contribution in [0.1, 0.15) is 12.0 Å². The van der Waals surface area contributed by atoms with Crippen molar-refractivity contribution in [1.29, 1.82) is 0 Å². The second-order valence-electron chi connectivity index (χ2n) is 4.14. The van der Waals surface area contributed by atoms with Crippen LogP contribution in [0.25, 0.3) is 0 Å². The van der Waals surface area contributed by atoms with E-state index in [0.717, 1.165) is 5.56 Å². The van der Waals surface area contributed by atoms with Gasteiger partial charge in [-0.2, -0.15) is 0 Å². The fourth-order valence-electron chi connectivity index (χ4n) is 1.73. The van der Waals surface area contributed by atoms with Crippen molar-refractivity contribution in [3.63, 3.8) is 0 Å². The first-order valence-electron chi connectivity index (χ1n) is 5.92. The highest BCUT2D eigenvalue weighted by Crippen LogP contribution is 2.11. The smallest absolute Gasteiger partial charge is 0.224 e. The van der Waals surface area contributed by atoms with Gasteiger partial charge in [-0.05, 0) is 30.7 Å². The Morgan fingerprint density at radius 2 is 2.33 bits per heavy atom. The van der Waals surface area contributed by atoms with E-state index in [1.807, 2.05) is 0 Å². The summed E-state index contributed by atoms with van der Waals surface area (Å²) in [7, 11) is 1.59. The first kappa shape index (κ1) is 14.5. The number of amides is 1. The van der Waals surface area contributed by atoms with Crippen LogP contribution in [0, 0.1) is 0 Å². The third kappa shape index (κ3) is 5.16. The number of hydrogen-bond donors (Lipinski definition) is 3. The number of phenolic OH excluding ortho intramolecular Hbond substituents is 1. The maximum Gasteiger partial charge on any atom is 0.224 e. The zero-order valence-electron chi connectivity index (χ0n) is 10.6. The number of ether oxygens (including phenoxy) is 1. The Morgan fingerprint density at radius 1 is 1.56 bits per heavy atom. The van der Waals surface area contributed by atoms with E-state index < -0.39 is 0 Å². The Labute approximate surface area is 107 Å². The summed E-state index contributed by atoms with van der Waals surface area (Å²) >= 11 is 0. The molecule has 1 aromatic rings. The van der Waals surface area contributed by atoms with Gasteiger partial charge >= 0.3 is 0 Å². The Balaban J connectivity index is 2.49. The van der Waals surface area contributed by atoms with Gasteiger partial charge in [0.15, 0.2) is 0 Å². The fraction of sp³-hybridized carbons (Fsp3) is 0.462. The van der Waals surface area contributed by atoms with Crippen LogP contribution in [0.4, 0.5) is 0 Å². The van der Waals surface area contributed by atoms with E-state index in [4.69, 9.17) is 10.5 Å². The van der Waals surface area contributed by atoms with Crippen LogP contribution < -0.4 is 11.1 Å². The lowest BCUT2D eigenvalue weighted by molar-refractivity contribution is -0.121. The van der Waals surface area contributed by atoms with E-state index in [0.29, 0.717) is 19.6 Å². The van der Waals surface area contributed by atoms with Crippen molar-refractivity contribution in [3.05, 3.63) is 29.8 Å². The standard InChI is InChI=1S/C13H20N2O3/c1-18-9-11(5-6-14)15-13(17)8-10-3-2-4-12(16)7-10/h2-4,7,11,16H,5-6,8-9,14H2,1H3,(H,15,17). The van der Waals surface area contributed by atoms with Gasteiger partial charge in [-0.1, -0.05) is 12.1 Å². The number of benzene rings is 1. The van der Waals surface area contributed by atoms with Gasteiger partial charge in [-0.15, -0.1) is 0 Å². The number of phenols is 1. The number of methoxy groups -OCH3 is 1. The van der Waals surface area contributed by atoms with Crippen molar-refractivity contribution in [2.24, 2.45) is 5.73 Å². The Morgan fingerprint density at radius 3 is 2.94 bits per heavy atom. The van der Waals surface area contributed by atoms with Gasteiger partial charge in [-0.3, -0.25) is 4.79 Å². The zero-order chi connectivity index (χ0) is 13.4. The van der Waals surface area contributed by atoms with E-state index in [9.17, 15) is 9.90 Å². The molecule has 0 fully saturated rings. The molecule has 1 amide bonds. The van der Waals surface area contributed by atoms with Crippen LogP contribution in [0.2, 0.25) is 0 Å². The molecule has 1 aromatic carbocycles. The molecule has 5 heteroatoms. The molecule has 0 aromatic heterocycles. The fourth-order valence-corrected chi connectivity index (χ4v) is 1.73. The molecule has 0 radical (unpaired) electrons. The summed E-state index contributed by atoms with van der Waals surface area (Å²) in [6, 6.07) is 6.60. The van der Waals surface area contributed by atoms with Gasteiger partial charge in [0, 0.05) is 7.11 Å². The van der Waals surface area contributed by atoms with Gasteiger partial charge < -0.3 is 20.9 Å². The minimum absolute atomic E-state index is 0.0650. The van der Waals surface area contributed by atoms with Crippen LogP contribution in [0.5, 0.6) is 5.75 Å². The molecular formula is C13H20N2O3. The predicted octanol–water partition coefficient (Wildman–Crippen LogP) is 0.415. The number of aromatic hydroxyl groups is 1. The zero-order valence-corrected chi connectivity index (χ0v) is 10.6. The first-order valence-corrected chi connectivity index (χ1v) is 5.92. The molecular weight excluding hydrogens is 232 g/mol. The van der Waals surface area contributed by atoms with Crippen LogP contribution in [-0.4, -0.2) is 37.3 Å². The Kier molecular flexibility index (Phi) is 6.18. The number of hydrogen-bond acceptors (Lipinski definition) is 4. The van der Waals surface area contributed by atoms with Gasteiger partial charge in [-0.25, -0.2) is 0 Å². The van der Waals surface area contributed by atoms with E-state index in [1.54, 1.807) is 31.4 Å². The van der Waals surface area contributed by atoms with Gasteiger partial charge in [0.25, 0.3) is 0 Å². The lowest BCUT2D eigenvalue weighted by atomic mass is 10.1. The largest absolute Gasteiger partial charge is 0.508 e. The summed E-state index contributed by atoms with van der Waals surface area (Å²) in [4.78, 5) is 11.8. The molecule has 1 unspecified atom stereocenters. The summed E-state index contributed by atoms with van der Waals surface area (Å²) < 4.78 is 5.02. The highest BCUT2D eigenvalue weighted by Gasteiger charge is 2.11. The molecule has 4 N–H and O–H groups in total. The molecule has 0 saturated carbocycles. The highest BCUT2D eigenvalue weighted by atomic mass is 16.5. The van der Waals surface area contributed by atoms with E-state index >= 15 is 0 Å². The molecule has 0 spiro atoms. The summed E-state index contributed by atoms with van der Waals surface area (Å²) in [5, 5.41) is 12.2. The van der Waals surface area contributed by atoms with Gasteiger partial charge in [0.1, 0.15) is 5.75 Å². The van der Waals surface area contributed by atoms with Crippen molar-refractivity contribution < 1.29 is 14.6 Å². The molecule has 1 rings (SSSR count). The molecule has 0 heterocycles. The Bertz CT molecular complexity index is 376. The predicted molar refractivity (Wildman–Crippen MR) is 69.3 cm³/mol.